The molecule has 10 heteroatoms. The molecule has 1 unspecified atom stereocenters. The van der Waals surface area contributed by atoms with Crippen LogP contribution >= 0.6 is 7.82 Å². The van der Waals surface area contributed by atoms with Gasteiger partial charge in [0.05, 0.1) is 12.7 Å². The van der Waals surface area contributed by atoms with Crippen LogP contribution in [0, 0.1) is 0 Å². The Morgan fingerprint density at radius 3 is 1.73 bits per heavy atom. The van der Waals surface area contributed by atoms with Gasteiger partial charge in [-0.25, -0.2) is 4.57 Å². The summed E-state index contributed by atoms with van der Waals surface area (Å²) in [6.45, 7) is 3.29. The molecule has 0 aliphatic carbocycles. The lowest BCUT2D eigenvalue weighted by Crippen LogP contribution is -2.29. The number of aliphatic hydroxyl groups excluding tert-OH is 1. The van der Waals surface area contributed by atoms with E-state index in [4.69, 9.17) is 19.3 Å². The monoisotopic (exact) mass is 734 g/mol. The minimum Gasteiger partial charge on any atom is -0.462 e. The van der Waals surface area contributed by atoms with Crippen LogP contribution in [0.5, 0.6) is 0 Å². The molecule has 51 heavy (non-hydrogen) atoms. The van der Waals surface area contributed by atoms with Gasteiger partial charge in [-0.1, -0.05) is 131 Å². The van der Waals surface area contributed by atoms with Gasteiger partial charge in [-0.05, 0) is 77.0 Å². The van der Waals surface area contributed by atoms with Crippen LogP contribution in [0.15, 0.2) is 85.1 Å². The highest BCUT2D eigenvalue weighted by atomic mass is 31.2. The van der Waals surface area contributed by atoms with Gasteiger partial charge in [0.15, 0.2) is 6.10 Å². The summed E-state index contributed by atoms with van der Waals surface area (Å²) in [7, 11) is -4.78. The van der Waals surface area contributed by atoms with Crippen LogP contribution in [0.4, 0.5) is 0 Å². The standard InChI is InChI=1S/C41H67O9P/c1-3-5-7-8-9-10-11-12-13-14-15-16-17-20-23-26-30-34-40(43)48-36-39(37-49-51(45,46)47)50-41(44)35-31-27-24-21-18-19-22-25-29-33-38(42)32-28-6-4-2/h5-7,9-10,12-13,15-16,22,25,28-29,33,38-39,42H,3-4,8,11,14,17-21,23-24,26-27,30-32,34-37H2,1-2H3,(H2,45,46,47)/b7-5-,10-9-,13-12-,16-15-,25-22+,28-6+,33-29+/t38?,39-/m1/s1. The van der Waals surface area contributed by atoms with Crippen molar-refractivity contribution in [3.8, 4) is 0 Å². The fraction of sp³-hybridized carbons (Fsp3) is 0.610. The molecule has 0 saturated carbocycles. The molecule has 0 rings (SSSR count). The summed E-state index contributed by atoms with van der Waals surface area (Å²) < 4.78 is 26.3. The number of phosphoric acid groups is 1. The maximum atomic E-state index is 12.4. The fourth-order valence-corrected chi connectivity index (χ4v) is 5.05. The zero-order chi connectivity index (χ0) is 37.7. The maximum Gasteiger partial charge on any atom is 0.469 e. The first-order valence-electron chi connectivity index (χ1n) is 19.0. The smallest absolute Gasteiger partial charge is 0.462 e. The van der Waals surface area contributed by atoms with Crippen LogP contribution in [-0.2, 0) is 28.2 Å². The predicted molar refractivity (Wildman–Crippen MR) is 208 cm³/mol. The average Bonchev–Trinajstić information content (AvgIpc) is 3.09. The van der Waals surface area contributed by atoms with Crippen LogP contribution in [0.2, 0.25) is 0 Å². The number of hydrogen-bond acceptors (Lipinski definition) is 7. The van der Waals surface area contributed by atoms with Gasteiger partial charge in [-0.15, -0.1) is 0 Å². The van der Waals surface area contributed by atoms with Gasteiger partial charge in [0.25, 0.3) is 0 Å². The molecule has 0 saturated heterocycles. The van der Waals surface area contributed by atoms with Crippen molar-refractivity contribution in [2.24, 2.45) is 0 Å². The van der Waals surface area contributed by atoms with Gasteiger partial charge >= 0.3 is 19.8 Å². The highest BCUT2D eigenvalue weighted by Gasteiger charge is 2.22. The van der Waals surface area contributed by atoms with E-state index in [0.717, 1.165) is 89.9 Å². The minimum atomic E-state index is -4.78. The maximum absolute atomic E-state index is 12.4. The summed E-state index contributed by atoms with van der Waals surface area (Å²) >= 11 is 0. The first-order chi connectivity index (χ1) is 24.7. The summed E-state index contributed by atoms with van der Waals surface area (Å²) in [6.07, 6.45) is 43.4. The third-order valence-electron chi connectivity index (χ3n) is 7.49. The molecule has 290 valence electrons. The Balaban J connectivity index is 4.11. The second-order valence-corrected chi connectivity index (χ2v) is 13.6. The Morgan fingerprint density at radius 1 is 0.608 bits per heavy atom. The van der Waals surface area contributed by atoms with Gasteiger partial charge < -0.3 is 24.4 Å². The second kappa shape index (κ2) is 35.6. The number of carbonyl (C=O) groups is 2. The molecule has 0 bridgehead atoms. The molecule has 0 radical (unpaired) electrons. The van der Waals surface area contributed by atoms with Crippen LogP contribution < -0.4 is 0 Å². The Labute approximate surface area is 308 Å². The molecule has 0 spiro atoms. The number of allylic oxidation sites excluding steroid dienone is 12. The van der Waals surface area contributed by atoms with Crippen molar-refractivity contribution >= 4 is 19.8 Å². The third-order valence-corrected chi connectivity index (χ3v) is 7.97. The van der Waals surface area contributed by atoms with Gasteiger partial charge in [0, 0.05) is 12.8 Å². The number of rotatable bonds is 33. The van der Waals surface area contributed by atoms with Gasteiger partial charge in [0.1, 0.15) is 6.61 Å². The molecule has 3 N–H and O–H groups in total. The number of phosphoric ester groups is 1. The summed E-state index contributed by atoms with van der Waals surface area (Å²) in [4.78, 5) is 42.7. The van der Waals surface area contributed by atoms with E-state index in [2.05, 4.69) is 73.1 Å². The van der Waals surface area contributed by atoms with Crippen LogP contribution in [0.3, 0.4) is 0 Å². The van der Waals surface area contributed by atoms with Crippen LogP contribution in [0.1, 0.15) is 136 Å². The van der Waals surface area contributed by atoms with Crippen LogP contribution in [0.25, 0.3) is 0 Å². The van der Waals surface area contributed by atoms with Gasteiger partial charge in [-0.2, -0.15) is 0 Å². The number of ether oxygens (including phenoxy) is 2. The number of carbonyl (C=O) groups excluding carboxylic acids is 2. The number of aliphatic hydroxyl groups is 1. The average molecular weight is 735 g/mol. The lowest BCUT2D eigenvalue weighted by Gasteiger charge is -2.18. The Morgan fingerprint density at radius 2 is 1.12 bits per heavy atom. The minimum absolute atomic E-state index is 0.155. The number of hydrogen-bond donors (Lipinski definition) is 3. The van der Waals surface area contributed by atoms with Crippen molar-refractivity contribution in [1.29, 1.82) is 0 Å². The Kier molecular flexibility index (Phi) is 33.6. The van der Waals surface area contributed by atoms with E-state index in [1.807, 2.05) is 24.3 Å². The molecule has 0 fully saturated rings. The zero-order valence-electron chi connectivity index (χ0n) is 31.3. The second-order valence-electron chi connectivity index (χ2n) is 12.3. The van der Waals surface area contributed by atoms with Crippen molar-refractivity contribution < 1.29 is 43.0 Å². The van der Waals surface area contributed by atoms with Crippen LogP contribution in [-0.4, -0.2) is 52.3 Å². The zero-order valence-corrected chi connectivity index (χ0v) is 32.2. The van der Waals surface area contributed by atoms with E-state index in [-0.39, 0.29) is 19.4 Å². The van der Waals surface area contributed by atoms with E-state index in [1.54, 1.807) is 6.08 Å². The molecular formula is C41H67O9P. The van der Waals surface area contributed by atoms with E-state index >= 15 is 0 Å². The largest absolute Gasteiger partial charge is 0.469 e. The van der Waals surface area contributed by atoms with E-state index in [1.165, 1.54) is 0 Å². The van der Waals surface area contributed by atoms with Crippen molar-refractivity contribution in [2.75, 3.05) is 13.2 Å². The lowest BCUT2D eigenvalue weighted by atomic mass is 10.1. The van der Waals surface area contributed by atoms with Crippen molar-refractivity contribution in [1.82, 2.24) is 0 Å². The molecular weight excluding hydrogens is 667 g/mol. The highest BCUT2D eigenvalue weighted by molar-refractivity contribution is 7.46. The number of esters is 2. The first kappa shape index (κ1) is 48.2. The molecule has 0 aliphatic heterocycles. The fourth-order valence-electron chi connectivity index (χ4n) is 4.69. The van der Waals surface area contributed by atoms with Crippen molar-refractivity contribution in [2.45, 2.75) is 148 Å². The van der Waals surface area contributed by atoms with E-state index in [9.17, 15) is 19.3 Å². The van der Waals surface area contributed by atoms with E-state index in [0.29, 0.717) is 19.3 Å². The summed E-state index contributed by atoms with van der Waals surface area (Å²) in [5.74, 6) is -0.977. The van der Waals surface area contributed by atoms with Gasteiger partial charge in [-0.3, -0.25) is 14.1 Å². The van der Waals surface area contributed by atoms with Gasteiger partial charge in [0.2, 0.25) is 0 Å². The Hall–Kier alpha value is -2.81. The first-order valence-corrected chi connectivity index (χ1v) is 20.5. The molecule has 0 aromatic rings. The lowest BCUT2D eigenvalue weighted by molar-refractivity contribution is -0.161. The normalized spacial score (nSPS) is 14.1. The Bertz CT molecular complexity index is 1110. The van der Waals surface area contributed by atoms with E-state index < -0.39 is 38.6 Å². The SMILES string of the molecule is CC/C=C\C/C=C\C/C=C\C/C=C\CCCCCCC(=O)OC[C@H](COP(=O)(O)O)OC(=O)CCCCCCC/C=C/C=C/C(O)C/C=C/CC. The van der Waals surface area contributed by atoms with Crippen molar-refractivity contribution in [3.05, 3.63) is 85.1 Å². The molecule has 2 atom stereocenters. The third kappa shape index (κ3) is 38.3. The predicted octanol–water partition coefficient (Wildman–Crippen LogP) is 10.3. The molecule has 9 nitrogen and oxygen atoms in total. The molecule has 0 amide bonds. The highest BCUT2D eigenvalue weighted by Crippen LogP contribution is 2.36. The molecule has 0 aliphatic rings. The molecule has 0 aromatic heterocycles. The topological polar surface area (TPSA) is 140 Å². The number of unbranched alkanes of at least 4 members (excludes halogenated alkanes) is 9. The summed E-state index contributed by atoms with van der Waals surface area (Å²) in [5.41, 5.74) is 0. The van der Waals surface area contributed by atoms with Crippen molar-refractivity contribution in [3.63, 3.8) is 0 Å². The molecule has 0 aromatic carbocycles. The quantitative estimate of drug-likeness (QED) is 0.0198. The summed E-state index contributed by atoms with van der Waals surface area (Å²) in [6, 6.07) is 0. The summed E-state index contributed by atoms with van der Waals surface area (Å²) in [5, 5.41) is 9.83. The molecule has 0 heterocycles.